The lowest BCUT2D eigenvalue weighted by atomic mass is 10.1. The van der Waals surface area contributed by atoms with Gasteiger partial charge < -0.3 is 19.3 Å². The fourth-order valence-corrected chi connectivity index (χ4v) is 4.39. The molecule has 0 aliphatic heterocycles. The maximum atomic E-state index is 9.45. The first-order chi connectivity index (χ1) is 15.2. The Morgan fingerprint density at radius 2 is 1.81 bits per heavy atom. The number of fused-ring (bicyclic) bond motifs is 1. The quantitative estimate of drug-likeness (QED) is 0.416. The monoisotopic (exact) mass is 432 g/mol. The molecule has 2 aromatic heterocycles. The van der Waals surface area contributed by atoms with E-state index in [-0.39, 0.29) is 12.0 Å². The van der Waals surface area contributed by atoms with Gasteiger partial charge in [0.1, 0.15) is 17.6 Å². The van der Waals surface area contributed by atoms with Crippen LogP contribution in [-0.2, 0) is 6.42 Å². The highest BCUT2D eigenvalue weighted by atomic mass is 32.1. The number of aromatic hydroxyl groups is 1. The van der Waals surface area contributed by atoms with E-state index in [2.05, 4.69) is 15.4 Å². The summed E-state index contributed by atoms with van der Waals surface area (Å²) in [6.45, 7) is 0. The molecule has 1 N–H and O–H groups in total. The summed E-state index contributed by atoms with van der Waals surface area (Å²) in [7, 11) is 1.59. The van der Waals surface area contributed by atoms with Crippen molar-refractivity contribution in [2.75, 3.05) is 7.11 Å². The zero-order valence-electron chi connectivity index (χ0n) is 16.8. The molecule has 0 amide bonds. The average molecular weight is 433 g/mol. The van der Waals surface area contributed by atoms with E-state index in [0.717, 1.165) is 45.9 Å². The number of hydrogen-bond donors (Lipinski definition) is 1. The molecule has 0 saturated heterocycles. The molecular formula is C24H20N2O4S. The Morgan fingerprint density at radius 3 is 2.58 bits per heavy atom. The van der Waals surface area contributed by atoms with E-state index in [4.69, 9.17) is 14.2 Å². The van der Waals surface area contributed by atoms with Gasteiger partial charge in [0, 0.05) is 23.8 Å². The maximum Gasteiger partial charge on any atom is 0.223 e. The van der Waals surface area contributed by atoms with E-state index >= 15 is 0 Å². The number of hydrogen-bond acceptors (Lipinski definition) is 7. The van der Waals surface area contributed by atoms with Gasteiger partial charge in [-0.15, -0.1) is 0 Å². The van der Waals surface area contributed by atoms with Crippen LogP contribution in [0.4, 0.5) is 0 Å². The van der Waals surface area contributed by atoms with Gasteiger partial charge in [0.05, 0.1) is 12.0 Å². The Kier molecular flexibility index (Phi) is 5.18. The minimum atomic E-state index is -0.0323. The molecule has 0 bridgehead atoms. The molecule has 31 heavy (non-hydrogen) atoms. The van der Waals surface area contributed by atoms with Crippen LogP contribution in [0.5, 0.6) is 29.1 Å². The summed E-state index contributed by atoms with van der Waals surface area (Å²) in [5, 5.41) is 9.45. The van der Waals surface area contributed by atoms with Crippen LogP contribution in [-0.4, -0.2) is 21.6 Å². The molecular weight excluding hydrogens is 412 g/mol. The Morgan fingerprint density at radius 1 is 1.00 bits per heavy atom. The van der Waals surface area contributed by atoms with E-state index in [9.17, 15) is 5.11 Å². The van der Waals surface area contributed by atoms with Crippen LogP contribution in [0, 0.1) is 0 Å². The third kappa shape index (κ3) is 4.04. The van der Waals surface area contributed by atoms with Gasteiger partial charge in [-0.3, -0.25) is 0 Å². The summed E-state index contributed by atoms with van der Waals surface area (Å²) in [4.78, 5) is 5.26. The van der Waals surface area contributed by atoms with Gasteiger partial charge >= 0.3 is 0 Å². The summed E-state index contributed by atoms with van der Waals surface area (Å²) in [5.74, 6) is 2.66. The van der Waals surface area contributed by atoms with Gasteiger partial charge in [-0.05, 0) is 65.8 Å². The van der Waals surface area contributed by atoms with E-state index in [1.54, 1.807) is 19.2 Å². The molecule has 0 radical (unpaired) electrons. The molecule has 5 rings (SSSR count). The van der Waals surface area contributed by atoms with Crippen LogP contribution in [0.25, 0.3) is 10.4 Å². The highest BCUT2D eigenvalue weighted by Crippen LogP contribution is 2.41. The Labute approximate surface area is 183 Å². The van der Waals surface area contributed by atoms with Gasteiger partial charge in [-0.25, -0.2) is 0 Å². The van der Waals surface area contributed by atoms with Crippen molar-refractivity contribution in [2.45, 2.75) is 18.9 Å². The van der Waals surface area contributed by atoms with Crippen LogP contribution in [0.1, 0.15) is 23.7 Å². The number of nitrogens with zero attached hydrogens (tertiary/aromatic N) is 2. The van der Waals surface area contributed by atoms with Crippen molar-refractivity contribution in [1.29, 1.82) is 0 Å². The zero-order valence-corrected chi connectivity index (χ0v) is 17.6. The Hall–Kier alpha value is -3.58. The summed E-state index contributed by atoms with van der Waals surface area (Å²) in [5.41, 5.74) is 3.28. The second-order valence-electron chi connectivity index (χ2n) is 7.16. The number of rotatable bonds is 6. The molecule has 156 valence electrons. The Balaban J connectivity index is 1.33. The topological polar surface area (TPSA) is 73.7 Å². The standard InChI is InChI=1S/C24H20N2O4S/c1-28-23-6-3-7-24(25-23)30-19-5-2-4-17-18(19)12-13-20(17)29-16-10-8-15(9-11-16)21-14-22(27)26-31-21/h2-11,14,20H,12-13H2,1H3,(H,26,27)/t20-/m1/s1. The molecule has 1 atom stereocenters. The zero-order chi connectivity index (χ0) is 21.2. The molecule has 1 aliphatic carbocycles. The third-order valence-corrected chi connectivity index (χ3v) is 6.04. The molecule has 1 aliphatic rings. The van der Waals surface area contributed by atoms with Crippen molar-refractivity contribution in [3.8, 4) is 39.6 Å². The molecule has 6 nitrogen and oxygen atoms in total. The maximum absolute atomic E-state index is 9.45. The van der Waals surface area contributed by atoms with Gasteiger partial charge in [0.2, 0.25) is 17.6 Å². The first-order valence-electron chi connectivity index (χ1n) is 9.93. The lowest BCUT2D eigenvalue weighted by Crippen LogP contribution is -2.03. The molecule has 0 spiro atoms. The van der Waals surface area contributed by atoms with E-state index in [1.165, 1.54) is 11.5 Å². The van der Waals surface area contributed by atoms with Crippen LogP contribution in [0.2, 0.25) is 0 Å². The summed E-state index contributed by atoms with van der Waals surface area (Å²) >= 11 is 1.27. The smallest absolute Gasteiger partial charge is 0.223 e. The number of pyridine rings is 1. The van der Waals surface area contributed by atoms with Gasteiger partial charge in [-0.1, -0.05) is 18.2 Å². The largest absolute Gasteiger partial charge is 0.493 e. The van der Waals surface area contributed by atoms with E-state index in [1.807, 2.05) is 48.5 Å². The minimum Gasteiger partial charge on any atom is -0.493 e. The molecule has 7 heteroatoms. The highest BCUT2D eigenvalue weighted by Gasteiger charge is 2.27. The summed E-state index contributed by atoms with van der Waals surface area (Å²) in [6, 6.07) is 21.0. The van der Waals surface area contributed by atoms with E-state index in [0.29, 0.717) is 11.8 Å². The predicted octanol–water partition coefficient (Wildman–Crippen LogP) is 5.78. The molecule has 2 aromatic carbocycles. The normalized spacial score (nSPS) is 14.8. The van der Waals surface area contributed by atoms with Crippen molar-refractivity contribution in [1.82, 2.24) is 9.36 Å². The predicted molar refractivity (Wildman–Crippen MR) is 118 cm³/mol. The lowest BCUT2D eigenvalue weighted by Gasteiger charge is -2.16. The fraction of sp³-hybridized carbons (Fsp3) is 0.167. The summed E-state index contributed by atoms with van der Waals surface area (Å²) < 4.78 is 21.4. The molecule has 0 unspecified atom stereocenters. The van der Waals surface area contributed by atoms with Gasteiger partial charge in [0.25, 0.3) is 0 Å². The highest BCUT2D eigenvalue weighted by molar-refractivity contribution is 7.09. The number of aromatic nitrogens is 2. The SMILES string of the molecule is COc1cccc(Oc2cccc3c2CC[C@H]3Oc2ccc(-c3cc(O)ns3)cc2)n1. The second-order valence-corrected chi connectivity index (χ2v) is 7.97. The summed E-state index contributed by atoms with van der Waals surface area (Å²) in [6.07, 6.45) is 1.72. The van der Waals surface area contributed by atoms with Gasteiger partial charge in [-0.2, -0.15) is 9.36 Å². The van der Waals surface area contributed by atoms with Crippen molar-refractivity contribution >= 4 is 11.5 Å². The third-order valence-electron chi connectivity index (χ3n) is 5.21. The number of methoxy groups -OCH3 is 1. The van der Waals surface area contributed by atoms with Gasteiger partial charge in [0.15, 0.2) is 0 Å². The number of ether oxygens (including phenoxy) is 3. The minimum absolute atomic E-state index is 0.0323. The Bertz CT molecular complexity index is 1210. The van der Waals surface area contributed by atoms with Crippen molar-refractivity contribution < 1.29 is 19.3 Å². The molecule has 0 fully saturated rings. The van der Waals surface area contributed by atoms with E-state index < -0.39 is 0 Å². The second kappa shape index (κ2) is 8.28. The van der Waals surface area contributed by atoms with Crippen molar-refractivity contribution in [3.63, 3.8) is 0 Å². The lowest BCUT2D eigenvalue weighted by molar-refractivity contribution is 0.207. The van der Waals surface area contributed by atoms with Crippen LogP contribution in [0.15, 0.2) is 66.7 Å². The molecule has 2 heterocycles. The average Bonchev–Trinajstić information content (AvgIpc) is 3.42. The number of benzene rings is 2. The first kappa shape index (κ1) is 19.4. The fourth-order valence-electron chi connectivity index (χ4n) is 3.74. The van der Waals surface area contributed by atoms with Crippen LogP contribution < -0.4 is 14.2 Å². The van der Waals surface area contributed by atoms with Crippen LogP contribution >= 0.6 is 11.5 Å². The molecule has 0 saturated carbocycles. The molecule has 4 aromatic rings. The van der Waals surface area contributed by atoms with Crippen LogP contribution in [0.3, 0.4) is 0 Å². The first-order valence-corrected chi connectivity index (χ1v) is 10.7. The van der Waals surface area contributed by atoms with Crippen molar-refractivity contribution in [3.05, 3.63) is 77.9 Å². The van der Waals surface area contributed by atoms with Crippen molar-refractivity contribution in [2.24, 2.45) is 0 Å².